The SMILES string of the molecule is CN(Cc1c(F)cccc1Cl)c1ccc([N+](=O)[O-])cc1[N+](=O)[O-]. The van der Waals surface area contributed by atoms with Crippen LogP contribution in [0.4, 0.5) is 21.5 Å². The minimum absolute atomic E-state index is 0.0237. The molecule has 0 aliphatic heterocycles. The van der Waals surface area contributed by atoms with Crippen molar-refractivity contribution in [2.24, 2.45) is 0 Å². The molecule has 23 heavy (non-hydrogen) atoms. The molecule has 0 amide bonds. The van der Waals surface area contributed by atoms with Crippen LogP contribution in [0.3, 0.4) is 0 Å². The third-order valence-electron chi connectivity index (χ3n) is 3.23. The van der Waals surface area contributed by atoms with E-state index in [1.54, 1.807) is 0 Å². The predicted molar refractivity (Wildman–Crippen MR) is 83.3 cm³/mol. The lowest BCUT2D eigenvalue weighted by molar-refractivity contribution is -0.393. The zero-order valence-corrected chi connectivity index (χ0v) is 12.7. The van der Waals surface area contributed by atoms with E-state index in [4.69, 9.17) is 11.6 Å². The molecule has 0 unspecified atom stereocenters. The van der Waals surface area contributed by atoms with Gasteiger partial charge < -0.3 is 4.90 Å². The lowest BCUT2D eigenvalue weighted by Crippen LogP contribution is -2.19. The molecule has 0 saturated heterocycles. The van der Waals surface area contributed by atoms with E-state index in [1.807, 2.05) is 0 Å². The van der Waals surface area contributed by atoms with Crippen LogP contribution in [0.1, 0.15) is 5.56 Å². The molecule has 0 bridgehead atoms. The predicted octanol–water partition coefficient (Wildman–Crippen LogP) is 3.93. The molecule has 2 aromatic carbocycles. The summed E-state index contributed by atoms with van der Waals surface area (Å²) in [5.41, 5.74) is -0.517. The van der Waals surface area contributed by atoms with Crippen LogP contribution in [0.2, 0.25) is 5.02 Å². The van der Waals surface area contributed by atoms with Crippen LogP contribution in [0.25, 0.3) is 0 Å². The molecule has 0 N–H and O–H groups in total. The molecule has 0 aromatic heterocycles. The largest absolute Gasteiger partial charge is 0.365 e. The Morgan fingerprint density at radius 1 is 1.17 bits per heavy atom. The van der Waals surface area contributed by atoms with Crippen LogP contribution in [0.5, 0.6) is 0 Å². The summed E-state index contributed by atoms with van der Waals surface area (Å²) in [4.78, 5) is 21.9. The van der Waals surface area contributed by atoms with Crippen LogP contribution >= 0.6 is 11.6 Å². The van der Waals surface area contributed by atoms with Crippen molar-refractivity contribution in [2.45, 2.75) is 6.54 Å². The van der Waals surface area contributed by atoms with Gasteiger partial charge in [0.05, 0.1) is 15.9 Å². The Morgan fingerprint density at radius 3 is 2.43 bits per heavy atom. The Kier molecular flexibility index (Phi) is 4.75. The Morgan fingerprint density at radius 2 is 1.87 bits per heavy atom. The third-order valence-corrected chi connectivity index (χ3v) is 3.59. The molecule has 2 aromatic rings. The number of hydrogen-bond donors (Lipinski definition) is 0. The Hall–Kier alpha value is -2.74. The molecule has 0 atom stereocenters. The summed E-state index contributed by atoms with van der Waals surface area (Å²) in [5.74, 6) is -0.533. The minimum Gasteiger partial charge on any atom is -0.365 e. The van der Waals surface area contributed by atoms with Crippen molar-refractivity contribution < 1.29 is 14.2 Å². The van der Waals surface area contributed by atoms with Gasteiger partial charge in [-0.15, -0.1) is 0 Å². The van der Waals surface area contributed by atoms with Gasteiger partial charge in [-0.25, -0.2) is 4.39 Å². The van der Waals surface area contributed by atoms with E-state index in [2.05, 4.69) is 0 Å². The van der Waals surface area contributed by atoms with Crippen molar-refractivity contribution in [3.8, 4) is 0 Å². The maximum atomic E-state index is 13.8. The molecule has 0 saturated carbocycles. The lowest BCUT2D eigenvalue weighted by Gasteiger charge is -2.20. The molecule has 0 radical (unpaired) electrons. The Bertz CT molecular complexity index is 764. The van der Waals surface area contributed by atoms with E-state index in [9.17, 15) is 24.6 Å². The van der Waals surface area contributed by atoms with Crippen LogP contribution < -0.4 is 4.90 Å². The molecule has 9 heteroatoms. The number of benzene rings is 2. The standard InChI is InChI=1S/C14H11ClFN3O4/c1-17(8-10-11(15)3-2-4-12(10)16)13-6-5-9(18(20)21)7-14(13)19(22)23/h2-7H,8H2,1H3. The Balaban J connectivity index is 2.41. The van der Waals surface area contributed by atoms with E-state index in [-0.39, 0.29) is 22.8 Å². The van der Waals surface area contributed by atoms with Crippen LogP contribution in [0.15, 0.2) is 36.4 Å². The summed E-state index contributed by atoms with van der Waals surface area (Å²) < 4.78 is 13.8. The van der Waals surface area contributed by atoms with Crippen molar-refractivity contribution in [1.29, 1.82) is 0 Å². The van der Waals surface area contributed by atoms with E-state index < -0.39 is 27.0 Å². The first-order valence-electron chi connectivity index (χ1n) is 6.38. The molecule has 0 fully saturated rings. The normalized spacial score (nSPS) is 10.4. The van der Waals surface area contributed by atoms with Crippen molar-refractivity contribution in [3.63, 3.8) is 0 Å². The first kappa shape index (κ1) is 16.6. The first-order chi connectivity index (χ1) is 10.8. The van der Waals surface area contributed by atoms with E-state index in [0.29, 0.717) is 0 Å². The molecule has 0 spiro atoms. The van der Waals surface area contributed by atoms with Gasteiger partial charge in [0.2, 0.25) is 0 Å². The molecule has 7 nitrogen and oxygen atoms in total. The summed E-state index contributed by atoms with van der Waals surface area (Å²) in [7, 11) is 1.51. The van der Waals surface area contributed by atoms with E-state index in [1.165, 1.54) is 36.2 Å². The summed E-state index contributed by atoms with van der Waals surface area (Å²) in [6.45, 7) is -0.0237. The van der Waals surface area contributed by atoms with Gasteiger partial charge in [0, 0.05) is 30.2 Å². The fourth-order valence-electron chi connectivity index (χ4n) is 2.10. The average molecular weight is 340 g/mol. The second-order valence-electron chi connectivity index (χ2n) is 4.74. The number of nitro benzene ring substituents is 2. The highest BCUT2D eigenvalue weighted by Crippen LogP contribution is 2.33. The second-order valence-corrected chi connectivity index (χ2v) is 5.15. The summed E-state index contributed by atoms with van der Waals surface area (Å²) >= 11 is 5.94. The molecule has 0 heterocycles. The van der Waals surface area contributed by atoms with Gasteiger partial charge >= 0.3 is 0 Å². The highest BCUT2D eigenvalue weighted by Gasteiger charge is 2.22. The van der Waals surface area contributed by atoms with Gasteiger partial charge in [-0.1, -0.05) is 17.7 Å². The Labute approximate surface area is 135 Å². The molecule has 0 aliphatic carbocycles. The number of nitro groups is 2. The average Bonchev–Trinajstić information content (AvgIpc) is 2.50. The smallest absolute Gasteiger partial charge is 0.299 e. The summed E-state index contributed by atoms with van der Waals surface area (Å²) in [6.07, 6.45) is 0. The number of hydrogen-bond acceptors (Lipinski definition) is 5. The van der Waals surface area contributed by atoms with Crippen molar-refractivity contribution in [2.75, 3.05) is 11.9 Å². The number of non-ortho nitro benzene ring substituents is 1. The van der Waals surface area contributed by atoms with Crippen LogP contribution in [-0.2, 0) is 6.54 Å². The molecule has 120 valence electrons. The number of nitrogens with zero attached hydrogens (tertiary/aromatic N) is 3. The second kappa shape index (κ2) is 6.57. The maximum Gasteiger partial charge on any atom is 0.299 e. The van der Waals surface area contributed by atoms with Gasteiger partial charge in [0.15, 0.2) is 0 Å². The lowest BCUT2D eigenvalue weighted by atomic mass is 10.1. The fraction of sp³-hybridized carbons (Fsp3) is 0.143. The third kappa shape index (κ3) is 3.54. The zero-order chi connectivity index (χ0) is 17.1. The molecule has 2 rings (SSSR count). The first-order valence-corrected chi connectivity index (χ1v) is 6.76. The van der Waals surface area contributed by atoms with Crippen LogP contribution in [0, 0.1) is 26.0 Å². The number of rotatable bonds is 5. The molecular formula is C14H11ClFN3O4. The highest BCUT2D eigenvalue weighted by molar-refractivity contribution is 6.31. The van der Waals surface area contributed by atoms with Gasteiger partial charge in [0.1, 0.15) is 11.5 Å². The highest BCUT2D eigenvalue weighted by atomic mass is 35.5. The van der Waals surface area contributed by atoms with Crippen LogP contribution in [-0.4, -0.2) is 16.9 Å². The van der Waals surface area contributed by atoms with E-state index in [0.717, 1.165) is 12.1 Å². The summed E-state index contributed by atoms with van der Waals surface area (Å²) in [5, 5.41) is 22.1. The van der Waals surface area contributed by atoms with Crippen molar-refractivity contribution >= 4 is 28.7 Å². The van der Waals surface area contributed by atoms with Gasteiger partial charge in [-0.3, -0.25) is 20.2 Å². The van der Waals surface area contributed by atoms with Crippen molar-refractivity contribution in [3.05, 3.63) is 73.0 Å². The monoisotopic (exact) mass is 339 g/mol. The van der Waals surface area contributed by atoms with E-state index >= 15 is 0 Å². The summed E-state index contributed by atoms with van der Waals surface area (Å²) in [6, 6.07) is 7.48. The fourth-order valence-corrected chi connectivity index (χ4v) is 2.32. The molecule has 0 aliphatic rings. The topological polar surface area (TPSA) is 89.5 Å². The van der Waals surface area contributed by atoms with Gasteiger partial charge in [-0.05, 0) is 18.2 Å². The van der Waals surface area contributed by atoms with Crippen molar-refractivity contribution in [1.82, 2.24) is 0 Å². The van der Waals surface area contributed by atoms with Gasteiger partial charge in [-0.2, -0.15) is 0 Å². The maximum absolute atomic E-state index is 13.8. The molecular weight excluding hydrogens is 329 g/mol. The van der Waals surface area contributed by atoms with Gasteiger partial charge in [0.25, 0.3) is 11.4 Å². The zero-order valence-electron chi connectivity index (χ0n) is 11.9. The number of anilines is 1. The quantitative estimate of drug-likeness (QED) is 0.608. The number of halogens is 2. The minimum atomic E-state index is -0.720.